The van der Waals surface area contributed by atoms with Crippen molar-refractivity contribution in [3.8, 4) is 5.75 Å². The normalized spacial score (nSPS) is 20.6. The van der Waals surface area contributed by atoms with Gasteiger partial charge in [0.1, 0.15) is 17.4 Å². The fourth-order valence-electron chi connectivity index (χ4n) is 3.99. The molecular weight excluding hydrogens is 419 g/mol. The number of alkyl halides is 1. The lowest BCUT2D eigenvalue weighted by atomic mass is 9.92. The fraction of sp³-hybridized carbons (Fsp3) is 0.458. The monoisotopic (exact) mass is 447 g/mol. The zero-order chi connectivity index (χ0) is 22.5. The van der Waals surface area contributed by atoms with Crippen LogP contribution in [0, 0.1) is 17.6 Å². The molecule has 8 heteroatoms. The molecule has 0 bridgehead atoms. The van der Waals surface area contributed by atoms with E-state index in [9.17, 15) is 18.0 Å². The number of rotatable bonds is 8. The lowest BCUT2D eigenvalue weighted by Crippen LogP contribution is -2.54. The molecule has 2 atom stereocenters. The standard InChI is InChI=1S/C24H28F3N3O2/c25-12-18-14-28-10-9-23(18)30(15-17-3-4-19(26)11-22(17)27)24(31)29-13-16-1-5-20(6-2-16)32-21-7-8-21/h1-6,11,18,21,23,28H,7-10,12-15H2,(H,29,31)/t18-,23+/m0/s1. The second-order valence-corrected chi connectivity index (χ2v) is 8.46. The number of benzene rings is 2. The number of hydrogen-bond donors (Lipinski definition) is 2. The summed E-state index contributed by atoms with van der Waals surface area (Å²) in [5.41, 5.74) is 1.08. The van der Waals surface area contributed by atoms with Gasteiger partial charge in [0, 0.05) is 36.7 Å². The van der Waals surface area contributed by atoms with Crippen molar-refractivity contribution in [2.75, 3.05) is 19.8 Å². The van der Waals surface area contributed by atoms with E-state index in [1.807, 2.05) is 24.3 Å². The molecular formula is C24H28F3N3O2. The summed E-state index contributed by atoms with van der Waals surface area (Å²) >= 11 is 0. The Morgan fingerprint density at radius 2 is 1.91 bits per heavy atom. The van der Waals surface area contributed by atoms with E-state index >= 15 is 0 Å². The van der Waals surface area contributed by atoms with Crippen LogP contribution in [0.3, 0.4) is 0 Å². The Balaban J connectivity index is 1.45. The van der Waals surface area contributed by atoms with Gasteiger partial charge in [0.2, 0.25) is 0 Å². The number of piperidine rings is 1. The highest BCUT2D eigenvalue weighted by atomic mass is 19.1. The van der Waals surface area contributed by atoms with Crippen LogP contribution in [-0.4, -0.2) is 42.8 Å². The summed E-state index contributed by atoms with van der Waals surface area (Å²) in [4.78, 5) is 14.6. The smallest absolute Gasteiger partial charge is 0.318 e. The highest BCUT2D eigenvalue weighted by Crippen LogP contribution is 2.27. The van der Waals surface area contributed by atoms with Crippen molar-refractivity contribution in [1.29, 1.82) is 0 Å². The number of carbonyl (C=O) groups is 1. The third-order valence-corrected chi connectivity index (χ3v) is 5.98. The maximum Gasteiger partial charge on any atom is 0.318 e. The average molecular weight is 448 g/mol. The Bertz CT molecular complexity index is 921. The largest absolute Gasteiger partial charge is 0.490 e. The summed E-state index contributed by atoms with van der Waals surface area (Å²) in [5, 5.41) is 6.01. The molecule has 0 radical (unpaired) electrons. The quantitative estimate of drug-likeness (QED) is 0.639. The van der Waals surface area contributed by atoms with Crippen LogP contribution in [0.1, 0.15) is 30.4 Å². The van der Waals surface area contributed by atoms with Crippen LogP contribution in [0.5, 0.6) is 5.75 Å². The fourth-order valence-corrected chi connectivity index (χ4v) is 3.99. The molecule has 1 aliphatic carbocycles. The van der Waals surface area contributed by atoms with Crippen LogP contribution in [0.25, 0.3) is 0 Å². The molecule has 2 amide bonds. The minimum atomic E-state index is -0.722. The molecule has 2 aromatic rings. The molecule has 2 aromatic carbocycles. The molecule has 2 aliphatic rings. The van der Waals surface area contributed by atoms with Gasteiger partial charge in [0.15, 0.2) is 0 Å². The highest BCUT2D eigenvalue weighted by Gasteiger charge is 2.33. The third-order valence-electron chi connectivity index (χ3n) is 5.98. The predicted molar refractivity (Wildman–Crippen MR) is 115 cm³/mol. The highest BCUT2D eigenvalue weighted by molar-refractivity contribution is 5.74. The molecule has 2 N–H and O–H groups in total. The molecule has 1 heterocycles. The minimum Gasteiger partial charge on any atom is -0.490 e. The molecule has 1 saturated heterocycles. The predicted octanol–water partition coefficient (Wildman–Crippen LogP) is 4.17. The van der Waals surface area contributed by atoms with Gasteiger partial charge in [-0.25, -0.2) is 13.6 Å². The van der Waals surface area contributed by atoms with Gasteiger partial charge >= 0.3 is 6.03 Å². The van der Waals surface area contributed by atoms with Crippen molar-refractivity contribution < 1.29 is 22.7 Å². The number of ether oxygens (including phenoxy) is 1. The van der Waals surface area contributed by atoms with Crippen LogP contribution >= 0.6 is 0 Å². The van der Waals surface area contributed by atoms with Gasteiger partial charge in [-0.05, 0) is 49.6 Å². The zero-order valence-electron chi connectivity index (χ0n) is 17.8. The van der Waals surface area contributed by atoms with Crippen LogP contribution in [0.15, 0.2) is 42.5 Å². The number of halogens is 3. The van der Waals surface area contributed by atoms with Crippen molar-refractivity contribution in [3.63, 3.8) is 0 Å². The van der Waals surface area contributed by atoms with Crippen LogP contribution < -0.4 is 15.4 Å². The van der Waals surface area contributed by atoms with E-state index in [0.29, 0.717) is 25.6 Å². The van der Waals surface area contributed by atoms with E-state index in [2.05, 4.69) is 10.6 Å². The van der Waals surface area contributed by atoms with E-state index < -0.39 is 30.3 Å². The molecule has 0 spiro atoms. The number of hydrogen-bond acceptors (Lipinski definition) is 3. The van der Waals surface area contributed by atoms with E-state index in [1.165, 1.54) is 11.0 Å². The molecule has 0 aromatic heterocycles. The SMILES string of the molecule is O=C(NCc1ccc(OC2CC2)cc1)N(Cc1ccc(F)cc1F)[C@@H]1CCNC[C@@H]1CF. The summed E-state index contributed by atoms with van der Waals surface area (Å²) in [7, 11) is 0. The first-order valence-corrected chi connectivity index (χ1v) is 11.0. The van der Waals surface area contributed by atoms with E-state index in [4.69, 9.17) is 4.74 Å². The van der Waals surface area contributed by atoms with E-state index in [-0.39, 0.29) is 24.7 Å². The second-order valence-electron chi connectivity index (χ2n) is 8.46. The Kier molecular flexibility index (Phi) is 7.19. The van der Waals surface area contributed by atoms with Gasteiger partial charge in [-0.2, -0.15) is 0 Å². The van der Waals surface area contributed by atoms with Gasteiger partial charge in [-0.15, -0.1) is 0 Å². The first kappa shape index (κ1) is 22.5. The number of amides is 2. The molecule has 1 saturated carbocycles. The third kappa shape index (κ3) is 5.73. The van der Waals surface area contributed by atoms with Crippen LogP contribution in [0.4, 0.5) is 18.0 Å². The van der Waals surface area contributed by atoms with Crippen molar-refractivity contribution in [1.82, 2.24) is 15.5 Å². The Labute approximate surface area is 185 Å². The van der Waals surface area contributed by atoms with E-state index in [1.54, 1.807) is 0 Å². The molecule has 2 fully saturated rings. The summed E-state index contributed by atoms with van der Waals surface area (Å²) in [6, 6.07) is 10.0. The molecule has 1 aliphatic heterocycles. The maximum absolute atomic E-state index is 14.3. The molecule has 0 unspecified atom stereocenters. The summed E-state index contributed by atoms with van der Waals surface area (Å²) in [6.45, 7) is 0.706. The molecule has 32 heavy (non-hydrogen) atoms. The Morgan fingerprint density at radius 3 is 2.59 bits per heavy atom. The molecule has 5 nitrogen and oxygen atoms in total. The van der Waals surface area contributed by atoms with Gasteiger partial charge in [-0.1, -0.05) is 18.2 Å². The Morgan fingerprint density at radius 1 is 1.12 bits per heavy atom. The Hall–Kier alpha value is -2.74. The first-order valence-electron chi connectivity index (χ1n) is 11.0. The van der Waals surface area contributed by atoms with Crippen molar-refractivity contribution in [2.24, 2.45) is 5.92 Å². The van der Waals surface area contributed by atoms with E-state index in [0.717, 1.165) is 36.3 Å². The molecule has 172 valence electrons. The number of nitrogens with one attached hydrogen (secondary N) is 2. The first-order chi connectivity index (χ1) is 15.5. The number of urea groups is 1. The topological polar surface area (TPSA) is 53.6 Å². The summed E-state index contributed by atoms with van der Waals surface area (Å²) < 4.78 is 47.0. The lowest BCUT2D eigenvalue weighted by molar-refractivity contribution is 0.108. The summed E-state index contributed by atoms with van der Waals surface area (Å²) in [5.74, 6) is -0.993. The van der Waals surface area contributed by atoms with Crippen molar-refractivity contribution >= 4 is 6.03 Å². The maximum atomic E-state index is 14.3. The summed E-state index contributed by atoms with van der Waals surface area (Å²) in [6.07, 6.45) is 3.03. The number of carbonyl (C=O) groups excluding carboxylic acids is 1. The van der Waals surface area contributed by atoms with Gasteiger partial charge in [-0.3, -0.25) is 4.39 Å². The van der Waals surface area contributed by atoms with Crippen LogP contribution in [0.2, 0.25) is 0 Å². The minimum absolute atomic E-state index is 0.0622. The van der Waals surface area contributed by atoms with Crippen molar-refractivity contribution in [2.45, 2.75) is 44.5 Å². The zero-order valence-corrected chi connectivity index (χ0v) is 17.8. The second kappa shape index (κ2) is 10.3. The van der Waals surface area contributed by atoms with Gasteiger partial charge < -0.3 is 20.3 Å². The average Bonchev–Trinajstić information content (AvgIpc) is 3.62. The van der Waals surface area contributed by atoms with Gasteiger partial charge in [0.05, 0.1) is 19.3 Å². The van der Waals surface area contributed by atoms with Crippen molar-refractivity contribution in [3.05, 3.63) is 65.2 Å². The van der Waals surface area contributed by atoms with Crippen LogP contribution in [-0.2, 0) is 13.1 Å². The molecule has 4 rings (SSSR count). The number of nitrogens with zero attached hydrogens (tertiary/aromatic N) is 1. The van der Waals surface area contributed by atoms with Gasteiger partial charge in [0.25, 0.3) is 0 Å². The lowest BCUT2D eigenvalue weighted by Gasteiger charge is -2.39.